The van der Waals surface area contributed by atoms with E-state index in [-0.39, 0.29) is 12.6 Å². The first-order chi connectivity index (χ1) is 8.08. The first kappa shape index (κ1) is 14.0. The van der Waals surface area contributed by atoms with Gasteiger partial charge in [-0.25, -0.2) is 0 Å². The third kappa shape index (κ3) is 4.02. The van der Waals surface area contributed by atoms with Gasteiger partial charge in [-0.1, -0.05) is 19.1 Å². The van der Waals surface area contributed by atoms with Crippen LogP contribution in [0.1, 0.15) is 32.3 Å². The second kappa shape index (κ2) is 6.62. The molecule has 0 aliphatic rings. The highest BCUT2D eigenvalue weighted by Crippen LogP contribution is 2.22. The Hall–Kier alpha value is -1.06. The van der Waals surface area contributed by atoms with Gasteiger partial charge >= 0.3 is 0 Å². The van der Waals surface area contributed by atoms with Crippen LogP contribution in [0, 0.1) is 0 Å². The molecule has 0 aliphatic carbocycles. The summed E-state index contributed by atoms with van der Waals surface area (Å²) in [7, 11) is 1.67. The molecule has 0 aliphatic heterocycles. The number of hydrogen-bond acceptors (Lipinski definition) is 3. The van der Waals surface area contributed by atoms with Crippen LogP contribution in [0.5, 0.6) is 5.75 Å². The van der Waals surface area contributed by atoms with Gasteiger partial charge in [0.15, 0.2) is 0 Å². The van der Waals surface area contributed by atoms with Gasteiger partial charge in [0.05, 0.1) is 13.7 Å². The van der Waals surface area contributed by atoms with Gasteiger partial charge in [0.1, 0.15) is 5.75 Å². The third-order valence-corrected chi connectivity index (χ3v) is 3.21. The molecule has 3 atom stereocenters. The van der Waals surface area contributed by atoms with Crippen molar-refractivity contribution in [2.75, 3.05) is 13.7 Å². The molecule has 1 aromatic carbocycles. The number of aliphatic hydroxyl groups is 1. The molecule has 0 bridgehead atoms. The van der Waals surface area contributed by atoms with E-state index in [0.717, 1.165) is 5.75 Å². The fourth-order valence-electron chi connectivity index (χ4n) is 1.84. The van der Waals surface area contributed by atoms with Crippen molar-refractivity contribution >= 4 is 0 Å². The van der Waals surface area contributed by atoms with E-state index < -0.39 is 0 Å². The van der Waals surface area contributed by atoms with Crippen molar-refractivity contribution in [2.24, 2.45) is 0 Å². The van der Waals surface area contributed by atoms with E-state index in [2.05, 4.69) is 31.3 Å². The number of methoxy groups -OCH3 is 1. The fourth-order valence-corrected chi connectivity index (χ4v) is 1.84. The minimum absolute atomic E-state index is 0.130. The van der Waals surface area contributed by atoms with Crippen LogP contribution in [0.2, 0.25) is 0 Å². The number of rotatable bonds is 6. The normalized spacial score (nSPS) is 16.3. The predicted molar refractivity (Wildman–Crippen MR) is 70.6 cm³/mol. The number of hydrogen-bond donors (Lipinski definition) is 2. The van der Waals surface area contributed by atoms with E-state index in [0.29, 0.717) is 12.0 Å². The molecule has 3 nitrogen and oxygen atoms in total. The van der Waals surface area contributed by atoms with E-state index in [1.54, 1.807) is 7.11 Å². The lowest BCUT2D eigenvalue weighted by molar-refractivity contribution is 0.238. The third-order valence-electron chi connectivity index (χ3n) is 3.21. The SMILES string of the molecule is COc1ccc(C(C)C(C)N[C@H](C)CO)cc1. The lowest BCUT2D eigenvalue weighted by Gasteiger charge is -2.24. The molecule has 1 aromatic rings. The van der Waals surface area contributed by atoms with Crippen molar-refractivity contribution in [3.63, 3.8) is 0 Å². The maximum absolute atomic E-state index is 9.03. The molecule has 0 aromatic heterocycles. The highest BCUT2D eigenvalue weighted by Gasteiger charge is 2.15. The Morgan fingerprint density at radius 2 is 1.76 bits per heavy atom. The van der Waals surface area contributed by atoms with Crippen LogP contribution < -0.4 is 10.1 Å². The van der Waals surface area contributed by atoms with Crippen molar-refractivity contribution in [1.29, 1.82) is 0 Å². The number of aliphatic hydroxyl groups excluding tert-OH is 1. The molecule has 17 heavy (non-hydrogen) atoms. The Morgan fingerprint density at radius 1 is 1.18 bits per heavy atom. The quantitative estimate of drug-likeness (QED) is 0.796. The van der Waals surface area contributed by atoms with Crippen molar-refractivity contribution in [3.8, 4) is 5.75 Å². The summed E-state index contributed by atoms with van der Waals surface area (Å²) in [6.07, 6.45) is 0. The Labute approximate surface area is 104 Å². The summed E-state index contributed by atoms with van der Waals surface area (Å²) in [6, 6.07) is 8.59. The van der Waals surface area contributed by atoms with Gasteiger partial charge in [-0.05, 0) is 37.5 Å². The van der Waals surface area contributed by atoms with Gasteiger partial charge in [0.2, 0.25) is 0 Å². The van der Waals surface area contributed by atoms with Crippen LogP contribution in [0.4, 0.5) is 0 Å². The van der Waals surface area contributed by atoms with Crippen molar-refractivity contribution < 1.29 is 9.84 Å². The molecule has 2 unspecified atom stereocenters. The largest absolute Gasteiger partial charge is 0.497 e. The molecule has 2 N–H and O–H groups in total. The number of benzene rings is 1. The van der Waals surface area contributed by atoms with Gasteiger partial charge < -0.3 is 15.2 Å². The summed E-state index contributed by atoms with van der Waals surface area (Å²) in [5.41, 5.74) is 1.27. The van der Waals surface area contributed by atoms with Crippen molar-refractivity contribution in [2.45, 2.75) is 38.8 Å². The molecule has 1 rings (SSSR count). The monoisotopic (exact) mass is 237 g/mol. The summed E-state index contributed by atoms with van der Waals surface area (Å²) >= 11 is 0. The lowest BCUT2D eigenvalue weighted by Crippen LogP contribution is -2.39. The van der Waals surface area contributed by atoms with Crippen LogP contribution in [0.25, 0.3) is 0 Å². The highest BCUT2D eigenvalue weighted by atomic mass is 16.5. The average Bonchev–Trinajstić information content (AvgIpc) is 2.37. The van der Waals surface area contributed by atoms with Crippen LogP contribution in [-0.4, -0.2) is 30.9 Å². The first-order valence-corrected chi connectivity index (χ1v) is 6.09. The van der Waals surface area contributed by atoms with Gasteiger partial charge in [-0.3, -0.25) is 0 Å². The molecule has 3 heteroatoms. The van der Waals surface area contributed by atoms with E-state index in [4.69, 9.17) is 9.84 Å². The summed E-state index contributed by atoms with van der Waals surface area (Å²) < 4.78 is 5.14. The van der Waals surface area contributed by atoms with Crippen LogP contribution in [0.15, 0.2) is 24.3 Å². The van der Waals surface area contributed by atoms with Crippen molar-refractivity contribution in [3.05, 3.63) is 29.8 Å². The molecule has 0 heterocycles. The van der Waals surface area contributed by atoms with E-state index in [1.165, 1.54) is 5.56 Å². The molecular formula is C14H23NO2. The Bertz CT molecular complexity index is 323. The molecule has 96 valence electrons. The predicted octanol–water partition coefficient (Wildman–Crippen LogP) is 2.16. The molecule has 0 radical (unpaired) electrons. The molecule has 0 saturated heterocycles. The molecular weight excluding hydrogens is 214 g/mol. The second-order valence-electron chi connectivity index (χ2n) is 4.60. The lowest BCUT2D eigenvalue weighted by atomic mass is 9.94. The van der Waals surface area contributed by atoms with Crippen LogP contribution in [0.3, 0.4) is 0 Å². The number of ether oxygens (including phenoxy) is 1. The smallest absolute Gasteiger partial charge is 0.118 e. The second-order valence-corrected chi connectivity index (χ2v) is 4.60. The molecule has 0 spiro atoms. The van der Waals surface area contributed by atoms with E-state index >= 15 is 0 Å². The first-order valence-electron chi connectivity index (χ1n) is 6.09. The molecule has 0 amide bonds. The standard InChI is InChI=1S/C14H23NO2/c1-10(9-16)15-12(3)11(2)13-5-7-14(17-4)8-6-13/h5-8,10-12,15-16H,9H2,1-4H3/t10-,11?,12?/m1/s1. The van der Waals surface area contributed by atoms with E-state index in [9.17, 15) is 0 Å². The molecule has 0 saturated carbocycles. The van der Waals surface area contributed by atoms with Gasteiger partial charge in [-0.15, -0.1) is 0 Å². The summed E-state index contributed by atoms with van der Waals surface area (Å²) in [5.74, 6) is 1.28. The Morgan fingerprint density at radius 3 is 2.24 bits per heavy atom. The van der Waals surface area contributed by atoms with Crippen molar-refractivity contribution in [1.82, 2.24) is 5.32 Å². The molecule has 0 fully saturated rings. The Balaban J connectivity index is 2.64. The number of nitrogens with one attached hydrogen (secondary N) is 1. The highest BCUT2D eigenvalue weighted by molar-refractivity contribution is 5.29. The van der Waals surface area contributed by atoms with E-state index in [1.807, 2.05) is 19.1 Å². The average molecular weight is 237 g/mol. The zero-order chi connectivity index (χ0) is 12.8. The van der Waals surface area contributed by atoms with Gasteiger partial charge in [0, 0.05) is 12.1 Å². The van der Waals surface area contributed by atoms with Gasteiger partial charge in [0.25, 0.3) is 0 Å². The zero-order valence-corrected chi connectivity index (χ0v) is 11.1. The minimum atomic E-state index is 0.130. The zero-order valence-electron chi connectivity index (χ0n) is 11.1. The Kier molecular flexibility index (Phi) is 5.45. The minimum Gasteiger partial charge on any atom is -0.497 e. The maximum atomic E-state index is 9.03. The fraction of sp³-hybridized carbons (Fsp3) is 0.571. The topological polar surface area (TPSA) is 41.5 Å². The summed E-state index contributed by atoms with van der Waals surface area (Å²) in [4.78, 5) is 0. The summed E-state index contributed by atoms with van der Waals surface area (Å²) in [6.45, 7) is 6.47. The van der Waals surface area contributed by atoms with Gasteiger partial charge in [-0.2, -0.15) is 0 Å². The summed E-state index contributed by atoms with van der Waals surface area (Å²) in [5, 5.41) is 12.4. The maximum Gasteiger partial charge on any atom is 0.118 e. The van der Waals surface area contributed by atoms with Crippen LogP contribution in [-0.2, 0) is 0 Å². The van der Waals surface area contributed by atoms with Crippen LogP contribution >= 0.6 is 0 Å².